The van der Waals surface area contributed by atoms with E-state index in [1.807, 2.05) is 26.0 Å². The Morgan fingerprint density at radius 2 is 1.82 bits per heavy atom. The molecule has 3 atom stereocenters. The Morgan fingerprint density at radius 1 is 1.07 bits per heavy atom. The number of carbonyl (C=O) groups excluding carboxylic acids is 1. The van der Waals surface area contributed by atoms with Crippen molar-refractivity contribution in [2.24, 2.45) is 17.8 Å². The molecule has 6 rings (SSSR count). The third kappa shape index (κ3) is 5.75. The Bertz CT molecular complexity index is 1310. The third-order valence-electron chi connectivity index (χ3n) is 8.73. The van der Waals surface area contributed by atoms with Crippen molar-refractivity contribution in [2.75, 3.05) is 34.4 Å². The van der Waals surface area contributed by atoms with Gasteiger partial charge in [-0.1, -0.05) is 50.3 Å². The molecule has 3 aliphatic rings. The van der Waals surface area contributed by atoms with Crippen LogP contribution < -0.4 is 9.47 Å². The maximum absolute atomic E-state index is 12.9. The third-order valence-corrected chi connectivity index (χ3v) is 8.73. The van der Waals surface area contributed by atoms with Gasteiger partial charge in [-0.25, -0.2) is 4.98 Å². The van der Waals surface area contributed by atoms with Gasteiger partial charge in [-0.05, 0) is 68.5 Å². The number of ether oxygens (including phenoxy) is 3. The highest BCUT2D eigenvalue weighted by atomic mass is 16.6. The Labute approximate surface area is 237 Å². The molecule has 1 fully saturated rings. The number of nitrogens with zero attached hydrogens (tertiary/aromatic N) is 2. The topological polar surface area (TPSA) is 76.7 Å². The number of aromatic nitrogens is 2. The molecule has 7 heteroatoms. The van der Waals surface area contributed by atoms with Crippen molar-refractivity contribution >= 4 is 22.6 Å². The molecule has 0 unspecified atom stereocenters. The molecule has 3 aliphatic carbocycles. The van der Waals surface area contributed by atoms with Crippen LogP contribution in [-0.2, 0) is 16.0 Å². The number of rotatable bonds is 12. The Balaban J connectivity index is 1.24. The van der Waals surface area contributed by atoms with Gasteiger partial charge in [0.1, 0.15) is 34.0 Å². The molecular formula is C33H43N3O4. The molecule has 3 aromatic rings. The molecule has 0 saturated heterocycles. The van der Waals surface area contributed by atoms with Crippen molar-refractivity contribution in [1.29, 1.82) is 0 Å². The van der Waals surface area contributed by atoms with Crippen molar-refractivity contribution in [1.82, 2.24) is 14.9 Å². The van der Waals surface area contributed by atoms with Gasteiger partial charge in [-0.15, -0.1) is 0 Å². The summed E-state index contributed by atoms with van der Waals surface area (Å²) in [4.78, 5) is 23.5. The normalized spacial score (nSPS) is 22.1. The quantitative estimate of drug-likeness (QED) is 0.270. The number of hydrogen-bond donors (Lipinski definition) is 1. The van der Waals surface area contributed by atoms with Crippen LogP contribution in [0, 0.1) is 17.8 Å². The van der Waals surface area contributed by atoms with E-state index in [1.54, 1.807) is 14.2 Å². The number of methoxy groups -OCH3 is 2. The lowest BCUT2D eigenvalue weighted by Gasteiger charge is -2.50. The Kier molecular flexibility index (Phi) is 8.50. The lowest BCUT2D eigenvalue weighted by atomic mass is 9.60. The molecule has 2 aromatic carbocycles. The van der Waals surface area contributed by atoms with Crippen LogP contribution in [0.15, 0.2) is 48.5 Å². The molecule has 214 valence electrons. The van der Waals surface area contributed by atoms with Crippen molar-refractivity contribution in [3.8, 4) is 11.5 Å². The fraction of sp³-hybridized carbons (Fsp3) is 0.515. The molecule has 40 heavy (non-hydrogen) atoms. The molecule has 1 heterocycles. The number of H-pyrrole nitrogens is 1. The summed E-state index contributed by atoms with van der Waals surface area (Å²) in [5.74, 6) is 2.90. The summed E-state index contributed by atoms with van der Waals surface area (Å²) in [6.07, 6.45) is 8.21. The SMILES string of the molecule is COc1ccc(OC)c2[nH]c(CCCN(C)CC[C@@]3(OC(=O)C(C)C)C[C@@H]4CC[C@@H]3C=C4c3ccccc3)nc12. The number of esters is 1. The monoisotopic (exact) mass is 545 g/mol. The zero-order valence-corrected chi connectivity index (χ0v) is 24.5. The average Bonchev–Trinajstić information content (AvgIpc) is 3.40. The summed E-state index contributed by atoms with van der Waals surface area (Å²) < 4.78 is 17.4. The van der Waals surface area contributed by atoms with E-state index in [1.165, 1.54) is 11.1 Å². The number of fused-ring (bicyclic) bond motifs is 3. The van der Waals surface area contributed by atoms with Gasteiger partial charge in [-0.2, -0.15) is 0 Å². The first-order chi connectivity index (χ1) is 19.3. The van der Waals surface area contributed by atoms with Gasteiger partial charge in [0.15, 0.2) is 0 Å². The molecule has 2 bridgehead atoms. The standard InChI is InChI=1S/C33H43N3O4/c1-22(2)32(37)40-33(21-24-13-14-25(33)20-26(24)23-10-7-6-8-11-23)17-19-36(3)18-9-12-29-34-30-27(38-4)15-16-28(39-5)31(30)35-29/h6-8,10-11,15-16,20,22,24-25H,9,12-14,17-19,21H2,1-5H3,(H,34,35)/t24-,25+,33+/m0/s1. The molecule has 1 aromatic heterocycles. The summed E-state index contributed by atoms with van der Waals surface area (Å²) >= 11 is 0. The Hall–Kier alpha value is -3.32. The van der Waals surface area contributed by atoms with Gasteiger partial charge in [0.25, 0.3) is 0 Å². The average molecular weight is 546 g/mol. The van der Waals surface area contributed by atoms with Crippen molar-refractivity contribution in [3.05, 3.63) is 59.9 Å². The largest absolute Gasteiger partial charge is 0.494 e. The Morgan fingerprint density at radius 3 is 2.50 bits per heavy atom. The minimum Gasteiger partial charge on any atom is -0.494 e. The fourth-order valence-electron chi connectivity index (χ4n) is 6.46. The van der Waals surface area contributed by atoms with Gasteiger partial charge in [0.05, 0.1) is 20.1 Å². The van der Waals surface area contributed by atoms with E-state index in [0.29, 0.717) is 5.92 Å². The molecule has 0 radical (unpaired) electrons. The van der Waals surface area contributed by atoms with E-state index in [4.69, 9.17) is 19.2 Å². The first-order valence-electron chi connectivity index (χ1n) is 14.6. The summed E-state index contributed by atoms with van der Waals surface area (Å²) in [6, 6.07) is 14.5. The maximum Gasteiger partial charge on any atom is 0.308 e. The zero-order chi connectivity index (χ0) is 28.3. The van der Waals surface area contributed by atoms with E-state index in [2.05, 4.69) is 53.3 Å². The summed E-state index contributed by atoms with van der Waals surface area (Å²) in [6.45, 7) is 5.67. The highest BCUT2D eigenvalue weighted by Crippen LogP contribution is 2.53. The lowest BCUT2D eigenvalue weighted by Crippen LogP contribution is -2.51. The molecule has 0 amide bonds. The van der Waals surface area contributed by atoms with Crippen LogP contribution in [0.2, 0.25) is 0 Å². The van der Waals surface area contributed by atoms with Crippen LogP contribution in [0.5, 0.6) is 11.5 Å². The highest BCUT2D eigenvalue weighted by Gasteiger charge is 2.50. The number of benzene rings is 2. The number of nitrogens with one attached hydrogen (secondary N) is 1. The molecule has 0 spiro atoms. The number of imidazole rings is 1. The van der Waals surface area contributed by atoms with Crippen LogP contribution in [-0.4, -0.2) is 60.8 Å². The first kappa shape index (κ1) is 28.2. The molecule has 1 saturated carbocycles. The number of aryl methyl sites for hydroxylation is 1. The van der Waals surface area contributed by atoms with Gasteiger partial charge in [-0.3, -0.25) is 4.79 Å². The lowest BCUT2D eigenvalue weighted by molar-refractivity contribution is -0.176. The zero-order valence-electron chi connectivity index (χ0n) is 24.5. The number of carbonyl (C=O) groups is 1. The maximum atomic E-state index is 12.9. The first-order valence-corrected chi connectivity index (χ1v) is 14.6. The van der Waals surface area contributed by atoms with E-state index in [0.717, 1.165) is 80.0 Å². The van der Waals surface area contributed by atoms with Crippen LogP contribution in [0.3, 0.4) is 0 Å². The second-order valence-electron chi connectivity index (χ2n) is 11.7. The predicted octanol–water partition coefficient (Wildman–Crippen LogP) is 6.29. The second-order valence-corrected chi connectivity index (χ2v) is 11.7. The van der Waals surface area contributed by atoms with Gasteiger partial charge in [0.2, 0.25) is 0 Å². The van der Waals surface area contributed by atoms with E-state index >= 15 is 0 Å². The predicted molar refractivity (Wildman–Crippen MR) is 159 cm³/mol. The van der Waals surface area contributed by atoms with Crippen molar-refractivity contribution in [3.63, 3.8) is 0 Å². The minimum absolute atomic E-state index is 0.0828. The van der Waals surface area contributed by atoms with E-state index < -0.39 is 5.60 Å². The molecule has 0 aliphatic heterocycles. The highest BCUT2D eigenvalue weighted by molar-refractivity contribution is 5.87. The summed E-state index contributed by atoms with van der Waals surface area (Å²) in [7, 11) is 5.49. The smallest absolute Gasteiger partial charge is 0.308 e. The fourth-order valence-corrected chi connectivity index (χ4v) is 6.46. The van der Waals surface area contributed by atoms with Gasteiger partial charge < -0.3 is 24.1 Å². The molecule has 1 N–H and O–H groups in total. The van der Waals surface area contributed by atoms with Crippen LogP contribution in [0.1, 0.15) is 57.3 Å². The second kappa shape index (κ2) is 12.0. The summed E-state index contributed by atoms with van der Waals surface area (Å²) in [5, 5.41) is 0. The van der Waals surface area contributed by atoms with Crippen LogP contribution in [0.25, 0.3) is 16.6 Å². The molecular weight excluding hydrogens is 502 g/mol. The van der Waals surface area contributed by atoms with E-state index in [9.17, 15) is 4.79 Å². The minimum atomic E-state index is -0.428. The van der Waals surface area contributed by atoms with Gasteiger partial charge in [0, 0.05) is 25.3 Å². The van der Waals surface area contributed by atoms with Crippen molar-refractivity contribution in [2.45, 2.75) is 58.0 Å². The van der Waals surface area contributed by atoms with Gasteiger partial charge >= 0.3 is 5.97 Å². The van der Waals surface area contributed by atoms with Crippen molar-refractivity contribution < 1.29 is 19.0 Å². The number of allylic oxidation sites excluding steroid dienone is 1. The number of hydrogen-bond acceptors (Lipinski definition) is 6. The van der Waals surface area contributed by atoms with E-state index in [-0.39, 0.29) is 17.8 Å². The summed E-state index contributed by atoms with van der Waals surface area (Å²) in [5.41, 5.74) is 3.98. The van der Waals surface area contributed by atoms with Crippen LogP contribution >= 0.6 is 0 Å². The van der Waals surface area contributed by atoms with Crippen LogP contribution in [0.4, 0.5) is 0 Å². The molecule has 7 nitrogen and oxygen atoms in total. The number of aromatic amines is 1.